The van der Waals surface area contributed by atoms with E-state index in [-0.39, 0.29) is 47.0 Å². The van der Waals surface area contributed by atoms with Gasteiger partial charge in [0.2, 0.25) is 0 Å². The highest BCUT2D eigenvalue weighted by Gasteiger charge is 2.52. The smallest absolute Gasteiger partial charge is 0.349 e. The first-order valence-electron chi connectivity index (χ1n) is 14.2. The largest absolute Gasteiger partial charge is 0.481 e. The summed E-state index contributed by atoms with van der Waals surface area (Å²) in [7, 11) is 0. The van der Waals surface area contributed by atoms with Gasteiger partial charge in [0.25, 0.3) is 28.4 Å². The number of nitrogens with two attached hydrogens (primary N) is 1. The van der Waals surface area contributed by atoms with Gasteiger partial charge in [-0.25, -0.2) is 19.3 Å². The summed E-state index contributed by atoms with van der Waals surface area (Å²) < 4.78 is 1.00. The number of aromatic nitrogens is 4. The number of aliphatic carboxylic acids is 1. The number of nitrogens with one attached hydrogen (secondary N) is 4. The van der Waals surface area contributed by atoms with Crippen LogP contribution in [0.5, 0.6) is 0 Å². The van der Waals surface area contributed by atoms with Crippen molar-refractivity contribution < 1.29 is 19.5 Å². The molecular weight excluding hydrogens is 572 g/mol. The van der Waals surface area contributed by atoms with E-state index in [1.54, 1.807) is 24.3 Å². The predicted molar refractivity (Wildman–Crippen MR) is 157 cm³/mol. The molecule has 2 aromatic heterocycles. The van der Waals surface area contributed by atoms with Gasteiger partial charge in [-0.1, -0.05) is 24.3 Å². The van der Waals surface area contributed by atoms with Crippen LogP contribution in [-0.4, -0.2) is 49.0 Å². The van der Waals surface area contributed by atoms with Gasteiger partial charge in [0.15, 0.2) is 0 Å². The molecule has 3 saturated carbocycles. The van der Waals surface area contributed by atoms with Crippen LogP contribution in [-0.2, 0) is 17.9 Å². The molecular formula is C29H30N8O7. The molecule has 0 atom stereocenters. The Bertz CT molecular complexity index is 1930. The van der Waals surface area contributed by atoms with E-state index in [9.17, 15) is 33.9 Å². The molecule has 3 aliphatic rings. The maximum atomic E-state index is 13.4. The fourth-order valence-corrected chi connectivity index (χ4v) is 6.30. The molecule has 4 aromatic rings. The quantitative estimate of drug-likeness (QED) is 0.135. The molecule has 0 unspecified atom stereocenters. The minimum absolute atomic E-state index is 0.0878. The molecule has 7 rings (SSSR count). The lowest BCUT2D eigenvalue weighted by Crippen LogP contribution is -2.50. The van der Waals surface area contributed by atoms with E-state index in [1.165, 1.54) is 6.07 Å². The Morgan fingerprint density at radius 1 is 0.932 bits per heavy atom. The lowest BCUT2D eigenvalue weighted by Gasteiger charge is -2.51. The van der Waals surface area contributed by atoms with Crippen LogP contribution in [0.2, 0.25) is 0 Å². The molecule has 2 heterocycles. The summed E-state index contributed by atoms with van der Waals surface area (Å²) in [6, 6.07) is 8.40. The van der Waals surface area contributed by atoms with E-state index in [1.807, 2.05) is 0 Å². The molecule has 0 spiro atoms. The van der Waals surface area contributed by atoms with Crippen molar-refractivity contribution >= 4 is 34.9 Å². The summed E-state index contributed by atoms with van der Waals surface area (Å²) in [6.45, 7) is 0.666. The van der Waals surface area contributed by atoms with Crippen molar-refractivity contribution in [3.63, 3.8) is 0 Å². The number of hydrogen-bond donors (Lipinski definition) is 6. The summed E-state index contributed by atoms with van der Waals surface area (Å²) >= 11 is 0. The van der Waals surface area contributed by atoms with Gasteiger partial charge in [-0.15, -0.1) is 5.10 Å². The number of carboxylic acid groups (broad SMARTS) is 1. The highest BCUT2D eigenvalue weighted by Crippen LogP contribution is 2.56. The number of carbonyl (C=O) groups excluding carboxylic acids is 2. The van der Waals surface area contributed by atoms with Crippen LogP contribution in [0.25, 0.3) is 5.78 Å². The lowest BCUT2D eigenvalue weighted by molar-refractivity contribution is -0.158. The molecule has 2 bridgehead atoms. The third-order valence-corrected chi connectivity index (χ3v) is 9.19. The Hall–Kier alpha value is -5.34. The van der Waals surface area contributed by atoms with Gasteiger partial charge in [0.05, 0.1) is 5.41 Å². The van der Waals surface area contributed by atoms with Crippen LogP contribution in [0.1, 0.15) is 70.6 Å². The number of hydrogen-bond acceptors (Lipinski definition) is 10. The second-order valence-corrected chi connectivity index (χ2v) is 11.8. The number of aromatic amines is 1. The molecule has 15 heteroatoms. The summed E-state index contributed by atoms with van der Waals surface area (Å²) in [5.41, 5.74) is 3.92. The molecule has 228 valence electrons. The standard InChI is InChI=1S/C29H30N8O7/c30-19-20(22(39)21(19)38)31-12-15-2-1-3-16(10-15)13-32-23(40)17-11-18(37-26(34-17)35-36-27(37)44)24(41)33-14-28-4-7-29(8-5-28,9-6-28)25(42)43/h1-3,10-11,31H,4-9,12-14,30H2,(H,32,40)(H,33,41)(H,36,44)(H,42,43). The molecule has 7 N–H and O–H groups in total. The third-order valence-electron chi connectivity index (χ3n) is 9.19. The topological polar surface area (TPSA) is 231 Å². The molecule has 0 aliphatic heterocycles. The van der Waals surface area contributed by atoms with Gasteiger partial charge < -0.3 is 26.8 Å². The molecule has 0 saturated heterocycles. The van der Waals surface area contributed by atoms with Crippen LogP contribution < -0.4 is 38.2 Å². The second kappa shape index (κ2) is 10.7. The number of rotatable bonds is 10. The van der Waals surface area contributed by atoms with Gasteiger partial charge in [-0.05, 0) is 61.1 Å². The van der Waals surface area contributed by atoms with Crippen molar-refractivity contribution in [2.24, 2.45) is 10.8 Å². The van der Waals surface area contributed by atoms with Crippen LogP contribution in [0.15, 0.2) is 44.7 Å². The van der Waals surface area contributed by atoms with Crippen LogP contribution in [0.3, 0.4) is 0 Å². The Kier molecular flexibility index (Phi) is 7.02. The zero-order valence-electron chi connectivity index (χ0n) is 23.6. The number of carboxylic acids is 1. The van der Waals surface area contributed by atoms with Gasteiger partial charge in [-0.2, -0.15) is 0 Å². The number of nitrogens with zero attached hydrogens (tertiary/aromatic N) is 3. The molecule has 44 heavy (non-hydrogen) atoms. The second-order valence-electron chi connectivity index (χ2n) is 11.8. The fraction of sp³-hybridized carbons (Fsp3) is 0.379. The van der Waals surface area contributed by atoms with E-state index in [0.29, 0.717) is 45.1 Å². The summed E-state index contributed by atoms with van der Waals surface area (Å²) in [5, 5.41) is 24.2. The Labute approximate surface area is 248 Å². The minimum atomic E-state index is -0.757. The fourth-order valence-electron chi connectivity index (χ4n) is 6.30. The number of carbonyl (C=O) groups is 3. The predicted octanol–water partition coefficient (Wildman–Crippen LogP) is 0.293. The lowest BCUT2D eigenvalue weighted by atomic mass is 9.53. The van der Waals surface area contributed by atoms with Crippen LogP contribution >= 0.6 is 0 Å². The van der Waals surface area contributed by atoms with Gasteiger partial charge >= 0.3 is 11.7 Å². The van der Waals surface area contributed by atoms with Crippen molar-refractivity contribution in [3.05, 3.63) is 83.8 Å². The SMILES string of the molecule is Nc1c(NCc2cccc(CNC(=O)c3cc(C(=O)NCC45CCC(C(=O)O)(CC4)CC5)n4c(=O)[nH]nc4n3)c2)c(=O)c1=O. The van der Waals surface area contributed by atoms with Gasteiger partial charge in [-0.3, -0.25) is 24.0 Å². The number of amides is 2. The Morgan fingerprint density at radius 3 is 2.27 bits per heavy atom. The summed E-state index contributed by atoms with van der Waals surface area (Å²) in [6.07, 6.45) is 3.75. The number of H-pyrrole nitrogens is 1. The summed E-state index contributed by atoms with van der Waals surface area (Å²) in [5.74, 6) is -2.07. The monoisotopic (exact) mass is 602 g/mol. The Balaban J connectivity index is 1.12. The third kappa shape index (κ3) is 4.99. The summed E-state index contributed by atoms with van der Waals surface area (Å²) in [4.78, 5) is 77.7. The molecule has 3 fully saturated rings. The molecule has 2 amide bonds. The average molecular weight is 603 g/mol. The van der Waals surface area contributed by atoms with Crippen molar-refractivity contribution in [2.45, 2.75) is 51.6 Å². The van der Waals surface area contributed by atoms with Crippen LogP contribution in [0.4, 0.5) is 11.4 Å². The van der Waals surface area contributed by atoms with E-state index in [2.05, 4.69) is 31.1 Å². The molecule has 3 aliphatic carbocycles. The van der Waals surface area contributed by atoms with Crippen molar-refractivity contribution in [2.75, 3.05) is 17.6 Å². The first kappa shape index (κ1) is 28.8. The number of anilines is 2. The average Bonchev–Trinajstić information content (AvgIpc) is 3.43. The van der Waals surface area contributed by atoms with E-state index in [0.717, 1.165) is 15.5 Å². The van der Waals surface area contributed by atoms with E-state index >= 15 is 0 Å². The number of fused-ring (bicyclic) bond motifs is 4. The zero-order valence-corrected chi connectivity index (χ0v) is 23.6. The Morgan fingerprint density at radius 2 is 1.61 bits per heavy atom. The first-order chi connectivity index (χ1) is 21.0. The molecule has 0 radical (unpaired) electrons. The first-order valence-corrected chi connectivity index (χ1v) is 14.2. The molecule has 15 nitrogen and oxygen atoms in total. The van der Waals surface area contributed by atoms with Gasteiger partial charge in [0, 0.05) is 19.6 Å². The highest BCUT2D eigenvalue weighted by atomic mass is 16.4. The van der Waals surface area contributed by atoms with E-state index in [4.69, 9.17) is 5.73 Å². The highest BCUT2D eigenvalue weighted by molar-refractivity contribution is 5.98. The maximum absolute atomic E-state index is 13.4. The van der Waals surface area contributed by atoms with Crippen molar-refractivity contribution in [1.29, 1.82) is 0 Å². The van der Waals surface area contributed by atoms with E-state index < -0.39 is 39.7 Å². The zero-order chi connectivity index (χ0) is 31.2. The minimum Gasteiger partial charge on any atom is -0.481 e. The van der Waals surface area contributed by atoms with Crippen molar-refractivity contribution in [3.8, 4) is 0 Å². The number of benzene rings is 1. The normalized spacial score (nSPS) is 20.9. The maximum Gasteiger partial charge on any atom is 0.349 e. The molecule has 2 aromatic carbocycles. The van der Waals surface area contributed by atoms with Crippen LogP contribution in [0, 0.1) is 10.8 Å². The van der Waals surface area contributed by atoms with Crippen molar-refractivity contribution in [1.82, 2.24) is 30.2 Å². The van der Waals surface area contributed by atoms with Gasteiger partial charge in [0.1, 0.15) is 22.8 Å². The number of nitrogen functional groups attached to an aromatic ring is 1.